The molecule has 0 spiro atoms. The fourth-order valence-electron chi connectivity index (χ4n) is 2.91. The van der Waals surface area contributed by atoms with Crippen molar-refractivity contribution in [1.29, 1.82) is 0 Å². The zero-order valence-electron chi connectivity index (χ0n) is 14.8. The molecular weight excluding hydrogens is 340 g/mol. The van der Waals surface area contributed by atoms with Gasteiger partial charge in [0.2, 0.25) is 0 Å². The third-order valence-electron chi connectivity index (χ3n) is 4.59. The number of carbonyl (C=O) groups excluding carboxylic acids is 1. The van der Waals surface area contributed by atoms with E-state index < -0.39 is 17.7 Å². The zero-order valence-corrected chi connectivity index (χ0v) is 14.8. The highest BCUT2D eigenvalue weighted by molar-refractivity contribution is 5.82. The number of aryl methyl sites for hydroxylation is 1. The molecule has 0 aliphatic rings. The zero-order chi connectivity index (χ0) is 19.2. The fraction of sp³-hybridized carbons (Fsp3) is 0.474. The first kappa shape index (κ1) is 20.0. The molecule has 2 rings (SSSR count). The Morgan fingerprint density at radius 3 is 2.81 bits per heavy atom. The molecule has 142 valence electrons. The van der Waals surface area contributed by atoms with Gasteiger partial charge in [0.15, 0.2) is 5.67 Å². The molecule has 0 radical (unpaired) electrons. The number of hydrogen-bond acceptors (Lipinski definition) is 3. The third kappa shape index (κ3) is 5.91. The van der Waals surface area contributed by atoms with Crippen LogP contribution in [0.2, 0.25) is 0 Å². The number of aliphatic hydroxyl groups is 1. The first-order valence-corrected chi connectivity index (χ1v) is 8.68. The lowest BCUT2D eigenvalue weighted by Crippen LogP contribution is -2.37. The largest absolute Gasteiger partial charge is 0.393 e. The van der Waals surface area contributed by atoms with E-state index in [9.17, 15) is 18.7 Å². The Bertz CT molecular complexity index is 705. The monoisotopic (exact) mass is 365 g/mol. The number of nitrogens with one attached hydrogen (secondary N) is 1. The number of halogens is 2. The Morgan fingerprint density at radius 1 is 1.42 bits per heavy atom. The van der Waals surface area contributed by atoms with Gasteiger partial charge in [-0.15, -0.1) is 0 Å². The highest BCUT2D eigenvalue weighted by Gasteiger charge is 2.32. The molecule has 4 N–H and O–H groups in total. The average molecular weight is 365 g/mol. The summed E-state index contributed by atoms with van der Waals surface area (Å²) in [7, 11) is 0. The minimum Gasteiger partial charge on any atom is -0.393 e. The number of carbonyl (C=O) groups is 1. The summed E-state index contributed by atoms with van der Waals surface area (Å²) in [6, 6.07) is 6.26. The summed E-state index contributed by atoms with van der Waals surface area (Å²) in [4.78, 5) is 18.3. The molecule has 1 amide bonds. The summed E-state index contributed by atoms with van der Waals surface area (Å²) >= 11 is 0. The fourth-order valence-corrected chi connectivity index (χ4v) is 2.91. The van der Waals surface area contributed by atoms with Gasteiger partial charge in [-0.2, -0.15) is 0 Å². The van der Waals surface area contributed by atoms with Crippen LogP contribution >= 0.6 is 0 Å². The predicted octanol–water partition coefficient (Wildman–Crippen LogP) is 3.01. The number of aromatic amines is 1. The van der Waals surface area contributed by atoms with Gasteiger partial charge in [0.05, 0.1) is 6.10 Å². The van der Waals surface area contributed by atoms with Crippen LogP contribution in [-0.4, -0.2) is 32.8 Å². The molecule has 5 nitrogen and oxygen atoms in total. The van der Waals surface area contributed by atoms with Gasteiger partial charge < -0.3 is 15.8 Å². The van der Waals surface area contributed by atoms with Crippen molar-refractivity contribution in [2.45, 2.75) is 56.7 Å². The number of nitrogens with zero attached hydrogens (tertiary/aromatic N) is 1. The molecule has 0 bridgehead atoms. The molecule has 0 aliphatic heterocycles. The predicted molar refractivity (Wildman–Crippen MR) is 94.6 cm³/mol. The second kappa shape index (κ2) is 8.89. The minimum atomic E-state index is -2.10. The van der Waals surface area contributed by atoms with E-state index in [0.29, 0.717) is 31.5 Å². The van der Waals surface area contributed by atoms with E-state index in [4.69, 9.17) is 5.73 Å². The van der Waals surface area contributed by atoms with E-state index in [-0.39, 0.29) is 18.2 Å². The van der Waals surface area contributed by atoms with Crippen molar-refractivity contribution in [3.63, 3.8) is 0 Å². The first-order chi connectivity index (χ1) is 12.3. The summed E-state index contributed by atoms with van der Waals surface area (Å²) in [5.41, 5.74) is 3.79. The van der Waals surface area contributed by atoms with Crippen molar-refractivity contribution >= 4 is 5.91 Å². The summed E-state index contributed by atoms with van der Waals surface area (Å²) in [5.74, 6) is -0.904. The van der Waals surface area contributed by atoms with E-state index in [2.05, 4.69) is 9.97 Å². The Morgan fingerprint density at radius 2 is 2.19 bits per heavy atom. The van der Waals surface area contributed by atoms with Crippen LogP contribution in [0.3, 0.4) is 0 Å². The second-order valence-corrected chi connectivity index (χ2v) is 6.83. The lowest BCUT2D eigenvalue weighted by Gasteiger charge is -2.22. The van der Waals surface area contributed by atoms with Gasteiger partial charge in [-0.1, -0.05) is 12.1 Å². The van der Waals surface area contributed by atoms with Crippen molar-refractivity contribution in [1.82, 2.24) is 9.97 Å². The number of H-pyrrole nitrogens is 1. The minimum absolute atomic E-state index is 0.0513. The van der Waals surface area contributed by atoms with Crippen LogP contribution in [0.1, 0.15) is 49.9 Å². The number of imidazole rings is 1. The van der Waals surface area contributed by atoms with Crippen LogP contribution in [0.25, 0.3) is 0 Å². The molecule has 26 heavy (non-hydrogen) atoms. The highest BCUT2D eigenvalue weighted by atomic mass is 19.1. The third-order valence-corrected chi connectivity index (χ3v) is 4.59. The van der Waals surface area contributed by atoms with Crippen molar-refractivity contribution in [3.8, 4) is 0 Å². The van der Waals surface area contributed by atoms with Crippen LogP contribution in [0.15, 0.2) is 36.7 Å². The Kier molecular flexibility index (Phi) is 6.85. The van der Waals surface area contributed by atoms with E-state index in [1.54, 1.807) is 24.5 Å². The van der Waals surface area contributed by atoms with Crippen molar-refractivity contribution in [3.05, 3.63) is 53.9 Å². The normalized spacial score (nSPS) is 16.0. The van der Waals surface area contributed by atoms with Gasteiger partial charge in [-0.05, 0) is 56.7 Å². The molecular formula is C19H25F2N3O2. The number of hydrogen-bond donors (Lipinski definition) is 3. The number of alkyl halides is 1. The quantitative estimate of drug-likeness (QED) is 0.604. The maximum Gasteiger partial charge on any atom is 0.254 e. The maximum atomic E-state index is 14.2. The number of aliphatic hydroxyl groups excluding tert-OH is 1. The SMILES string of the molecule is CC(F)(CC[C@H](C[C@@H](O)CCc1cccc(F)c1)c1ncc[nH]1)C(N)=O. The standard InChI is InChI=1S/C19H25F2N3O2/c1-19(21,18(22)26)8-7-14(17-23-9-10-24-17)12-16(25)6-5-13-3-2-4-15(20)11-13/h2-4,9-11,14,16,25H,5-8,12H2,1H3,(H2,22,26)(H,23,24)/t14-,16+,19?/m1/s1. The van der Waals surface area contributed by atoms with E-state index in [1.807, 2.05) is 0 Å². The van der Waals surface area contributed by atoms with Gasteiger partial charge in [-0.3, -0.25) is 4.79 Å². The molecule has 0 saturated heterocycles. The lowest BCUT2D eigenvalue weighted by molar-refractivity contribution is -0.128. The second-order valence-electron chi connectivity index (χ2n) is 6.83. The molecule has 1 aromatic carbocycles. The van der Waals surface area contributed by atoms with Gasteiger partial charge in [0.25, 0.3) is 5.91 Å². The molecule has 7 heteroatoms. The molecule has 1 aromatic heterocycles. The van der Waals surface area contributed by atoms with E-state index >= 15 is 0 Å². The van der Waals surface area contributed by atoms with Crippen molar-refractivity contribution < 1.29 is 18.7 Å². The topological polar surface area (TPSA) is 92.0 Å². The van der Waals surface area contributed by atoms with Crippen molar-refractivity contribution in [2.75, 3.05) is 0 Å². The van der Waals surface area contributed by atoms with Crippen molar-refractivity contribution in [2.24, 2.45) is 5.73 Å². The molecule has 1 heterocycles. The van der Waals surface area contributed by atoms with Crippen LogP contribution in [0.4, 0.5) is 8.78 Å². The Hall–Kier alpha value is -2.28. The number of benzene rings is 1. The van der Waals surface area contributed by atoms with Gasteiger partial charge >= 0.3 is 0 Å². The summed E-state index contributed by atoms with van der Waals surface area (Å²) < 4.78 is 27.4. The van der Waals surface area contributed by atoms with Gasteiger partial charge in [-0.25, -0.2) is 13.8 Å². The smallest absolute Gasteiger partial charge is 0.254 e. The number of amides is 1. The average Bonchev–Trinajstić information content (AvgIpc) is 3.11. The van der Waals surface area contributed by atoms with Crippen LogP contribution in [-0.2, 0) is 11.2 Å². The van der Waals surface area contributed by atoms with E-state index in [1.165, 1.54) is 12.1 Å². The van der Waals surface area contributed by atoms with Crippen LogP contribution in [0, 0.1) is 5.82 Å². The highest BCUT2D eigenvalue weighted by Crippen LogP contribution is 2.29. The number of primary amides is 1. The first-order valence-electron chi connectivity index (χ1n) is 8.68. The Labute approximate surface area is 151 Å². The van der Waals surface area contributed by atoms with Crippen LogP contribution < -0.4 is 5.73 Å². The molecule has 2 aromatic rings. The Balaban J connectivity index is 1.94. The summed E-state index contributed by atoms with van der Waals surface area (Å²) in [5, 5.41) is 10.4. The number of aromatic nitrogens is 2. The summed E-state index contributed by atoms with van der Waals surface area (Å²) in [6.07, 6.45) is 4.19. The lowest BCUT2D eigenvalue weighted by atomic mass is 9.89. The maximum absolute atomic E-state index is 14.2. The molecule has 0 fully saturated rings. The van der Waals surface area contributed by atoms with Gasteiger partial charge in [0.1, 0.15) is 11.6 Å². The number of nitrogens with two attached hydrogens (primary N) is 1. The number of rotatable bonds is 10. The molecule has 3 atom stereocenters. The van der Waals surface area contributed by atoms with E-state index in [0.717, 1.165) is 12.5 Å². The molecule has 0 saturated carbocycles. The molecule has 0 aliphatic carbocycles. The van der Waals surface area contributed by atoms with Gasteiger partial charge in [0, 0.05) is 18.3 Å². The molecule has 1 unspecified atom stereocenters. The summed E-state index contributed by atoms with van der Waals surface area (Å²) in [6.45, 7) is 1.16. The van der Waals surface area contributed by atoms with Crippen LogP contribution in [0.5, 0.6) is 0 Å².